The Balaban J connectivity index is 1.84. The zero-order chi connectivity index (χ0) is 45.8. The number of ether oxygens (including phenoxy) is 3. The number of anilines is 1. The van der Waals surface area contributed by atoms with Gasteiger partial charge in [0.1, 0.15) is 30.7 Å². The van der Waals surface area contributed by atoms with Crippen LogP contribution >= 0.6 is 15.6 Å². The topological polar surface area (TPSA) is 265 Å². The third-order valence-corrected chi connectivity index (χ3v) is 12.6. The van der Waals surface area contributed by atoms with Crippen molar-refractivity contribution in [2.45, 2.75) is 180 Å². The largest absolute Gasteiger partial charge is 0.481 e. The summed E-state index contributed by atoms with van der Waals surface area (Å²) in [4.78, 5) is 61.5. The number of nitrogens with zero attached hydrogens (tertiary/aromatic N) is 2. The highest BCUT2D eigenvalue weighted by Crippen LogP contribution is 2.60. The Bertz CT molecular complexity index is 1640. The minimum atomic E-state index is -5.42. The highest BCUT2D eigenvalue weighted by molar-refractivity contribution is 7.61. The quantitative estimate of drug-likeness (QED) is 0.0189. The van der Waals surface area contributed by atoms with Crippen LogP contribution in [0.5, 0.6) is 0 Å². The molecule has 1 saturated heterocycles. The summed E-state index contributed by atoms with van der Waals surface area (Å²) in [6.45, 7) is 4.27. The number of esters is 2. The molecule has 356 valence electrons. The zero-order valence-electron chi connectivity index (χ0n) is 36.8. The van der Waals surface area contributed by atoms with E-state index in [9.17, 15) is 43.5 Å². The summed E-state index contributed by atoms with van der Waals surface area (Å²) in [6, 6.07) is 1.24. The third kappa shape index (κ3) is 24.9. The molecule has 0 spiro atoms. The molecule has 1 aliphatic heterocycles. The van der Waals surface area contributed by atoms with Crippen molar-refractivity contribution in [2.75, 3.05) is 25.6 Å². The first-order chi connectivity index (χ1) is 29.5. The van der Waals surface area contributed by atoms with Crippen molar-refractivity contribution in [3.05, 3.63) is 47.1 Å². The van der Waals surface area contributed by atoms with Crippen LogP contribution < -0.4 is 11.4 Å². The van der Waals surface area contributed by atoms with Crippen molar-refractivity contribution in [3.8, 4) is 0 Å². The van der Waals surface area contributed by atoms with Crippen LogP contribution in [0.4, 0.5) is 5.82 Å². The second-order valence-electron chi connectivity index (χ2n) is 16.1. The van der Waals surface area contributed by atoms with E-state index in [2.05, 4.69) is 54.4 Å². The molecular formula is C42H73N3O15P2. The molecule has 0 saturated carbocycles. The van der Waals surface area contributed by atoms with Crippen LogP contribution in [0.3, 0.4) is 0 Å². The number of allylic oxidation sites excluding steroid dienone is 4. The van der Waals surface area contributed by atoms with Crippen molar-refractivity contribution in [2.24, 2.45) is 5.92 Å². The Labute approximate surface area is 366 Å². The van der Waals surface area contributed by atoms with Crippen LogP contribution in [0, 0.1) is 5.92 Å². The summed E-state index contributed by atoms with van der Waals surface area (Å²) in [5, 5.41) is 20.8. The van der Waals surface area contributed by atoms with E-state index < -0.39 is 83.7 Å². The Morgan fingerprint density at radius 1 is 0.823 bits per heavy atom. The maximum absolute atomic E-state index is 12.8. The average Bonchev–Trinajstić information content (AvgIpc) is 3.48. The van der Waals surface area contributed by atoms with Crippen LogP contribution in [-0.2, 0) is 46.3 Å². The van der Waals surface area contributed by atoms with Gasteiger partial charge in [-0.1, -0.05) is 122 Å². The molecule has 1 aromatic rings. The number of rotatable bonds is 35. The van der Waals surface area contributed by atoms with Gasteiger partial charge in [0.2, 0.25) is 0 Å². The number of phosphoric ester groups is 2. The van der Waals surface area contributed by atoms with Gasteiger partial charge in [-0.25, -0.2) is 13.9 Å². The second-order valence-corrected chi connectivity index (χ2v) is 19.1. The molecular weight excluding hydrogens is 848 g/mol. The molecule has 0 amide bonds. The fourth-order valence-corrected chi connectivity index (χ4v) is 8.60. The van der Waals surface area contributed by atoms with Crippen molar-refractivity contribution in [3.63, 3.8) is 0 Å². The predicted molar refractivity (Wildman–Crippen MR) is 233 cm³/mol. The molecule has 1 aliphatic rings. The van der Waals surface area contributed by atoms with Gasteiger partial charge in [0.15, 0.2) is 12.3 Å². The lowest BCUT2D eigenvalue weighted by atomic mass is 10.0. The van der Waals surface area contributed by atoms with E-state index >= 15 is 0 Å². The Morgan fingerprint density at radius 2 is 1.39 bits per heavy atom. The van der Waals surface area contributed by atoms with E-state index in [0.717, 1.165) is 81.4 Å². The molecule has 0 aliphatic carbocycles. The molecule has 2 heterocycles. The van der Waals surface area contributed by atoms with Crippen LogP contribution in [-0.4, -0.2) is 85.7 Å². The number of hydrogen-bond donors (Lipinski definition) is 5. The molecule has 2 rings (SSSR count). The maximum Gasteiger partial charge on any atom is 0.481 e. The molecule has 0 bridgehead atoms. The summed E-state index contributed by atoms with van der Waals surface area (Å²) < 4.78 is 56.4. The predicted octanol–water partition coefficient (Wildman–Crippen LogP) is 7.74. The molecule has 1 fully saturated rings. The minimum absolute atomic E-state index is 0.0448. The fourth-order valence-electron chi connectivity index (χ4n) is 6.49. The SMILES string of the molecule is CCCCCC/C=C\C=C/CCCCCCCC(=O)OC[C@H](COP(=O)(O)OP(=O)(O)OC[C@H]1O[C@@H](n2ccc(N)nc2=O)C(O)[C@H]1O)OC(=O)CCCCCCCCC(C)C. The van der Waals surface area contributed by atoms with Crippen LogP contribution in [0.15, 0.2) is 41.4 Å². The van der Waals surface area contributed by atoms with Gasteiger partial charge in [0, 0.05) is 19.0 Å². The van der Waals surface area contributed by atoms with Crippen LogP contribution in [0.2, 0.25) is 0 Å². The van der Waals surface area contributed by atoms with Gasteiger partial charge < -0.3 is 39.9 Å². The van der Waals surface area contributed by atoms with Gasteiger partial charge in [-0.3, -0.25) is 23.2 Å². The van der Waals surface area contributed by atoms with Gasteiger partial charge in [-0.05, 0) is 50.5 Å². The normalized spacial score (nSPS) is 20.5. The van der Waals surface area contributed by atoms with E-state index in [4.69, 9.17) is 29.0 Å². The standard InChI is InChI=1S/C42H73N3O15P2/c1-4-5-6-7-8-9-10-11-12-13-14-15-16-20-23-26-37(46)55-30-34(58-38(47)27-24-21-18-17-19-22-25-33(2)3)31-56-61(51,52)60-62(53,54)57-32-35-39(48)40(49)41(59-35)45-29-28-36(43)44-42(45)50/h9-12,28-29,33-35,39-41,48-49H,4-8,13-27,30-32H2,1-3H3,(H,51,52)(H,53,54)(H2,43,44,50)/b10-9-,12-11-/t34-,35-,39+,40?,41-/m1/s1. The number of hydrogen-bond acceptors (Lipinski definition) is 15. The number of phosphoric acid groups is 2. The minimum Gasteiger partial charge on any atom is -0.462 e. The molecule has 0 radical (unpaired) electrons. The van der Waals surface area contributed by atoms with Gasteiger partial charge in [-0.15, -0.1) is 0 Å². The number of carbonyl (C=O) groups is 2. The van der Waals surface area contributed by atoms with E-state index in [0.29, 0.717) is 18.8 Å². The molecule has 20 heteroatoms. The van der Waals surface area contributed by atoms with Crippen molar-refractivity contribution < 1.29 is 66.3 Å². The molecule has 0 aromatic carbocycles. The summed E-state index contributed by atoms with van der Waals surface area (Å²) in [5.41, 5.74) is 4.57. The van der Waals surface area contributed by atoms with Crippen LogP contribution in [0.1, 0.15) is 155 Å². The monoisotopic (exact) mass is 921 g/mol. The highest BCUT2D eigenvalue weighted by atomic mass is 31.3. The maximum atomic E-state index is 12.8. The molecule has 3 unspecified atom stereocenters. The number of aliphatic hydroxyl groups is 2. The number of aromatic nitrogens is 2. The van der Waals surface area contributed by atoms with Crippen LogP contribution in [0.25, 0.3) is 0 Å². The first-order valence-electron chi connectivity index (χ1n) is 22.2. The van der Waals surface area contributed by atoms with Crippen molar-refractivity contribution in [1.82, 2.24) is 9.55 Å². The Hall–Kier alpha value is -2.76. The van der Waals surface area contributed by atoms with Gasteiger partial charge in [-0.2, -0.15) is 9.29 Å². The molecule has 62 heavy (non-hydrogen) atoms. The average molecular weight is 922 g/mol. The fraction of sp³-hybridized carbons (Fsp3) is 0.762. The first kappa shape index (κ1) is 55.4. The number of nitrogens with two attached hydrogens (primary N) is 1. The summed E-state index contributed by atoms with van der Waals surface area (Å²) in [6.07, 6.45) is 20.4. The summed E-state index contributed by atoms with van der Waals surface area (Å²) in [5.74, 6) is -0.661. The lowest BCUT2D eigenvalue weighted by Gasteiger charge is -2.21. The summed E-state index contributed by atoms with van der Waals surface area (Å²) in [7, 11) is -10.8. The lowest BCUT2D eigenvalue weighted by Crippen LogP contribution is -2.36. The smallest absolute Gasteiger partial charge is 0.462 e. The van der Waals surface area contributed by atoms with E-state index in [1.807, 2.05) is 0 Å². The Kier molecular flexibility index (Phi) is 27.8. The molecule has 6 N–H and O–H groups in total. The number of carbonyl (C=O) groups excluding carboxylic acids is 2. The van der Waals surface area contributed by atoms with E-state index in [1.54, 1.807) is 0 Å². The first-order valence-corrected chi connectivity index (χ1v) is 25.2. The Morgan fingerprint density at radius 3 is 2.00 bits per heavy atom. The zero-order valence-corrected chi connectivity index (χ0v) is 38.6. The molecule has 18 nitrogen and oxygen atoms in total. The summed E-state index contributed by atoms with van der Waals surface area (Å²) >= 11 is 0. The number of unbranched alkanes of at least 4 members (excludes halogenated alkanes) is 14. The lowest BCUT2D eigenvalue weighted by molar-refractivity contribution is -0.161. The highest BCUT2D eigenvalue weighted by Gasteiger charge is 2.46. The number of aliphatic hydroxyl groups excluding tert-OH is 2. The number of nitrogen functional groups attached to an aromatic ring is 1. The van der Waals surface area contributed by atoms with Gasteiger partial charge in [0.25, 0.3) is 0 Å². The van der Waals surface area contributed by atoms with Crippen molar-refractivity contribution >= 4 is 33.4 Å². The molecule has 1 aromatic heterocycles. The van der Waals surface area contributed by atoms with Gasteiger partial charge >= 0.3 is 33.3 Å². The second kappa shape index (κ2) is 31.2. The van der Waals surface area contributed by atoms with Crippen molar-refractivity contribution in [1.29, 1.82) is 0 Å². The van der Waals surface area contributed by atoms with E-state index in [-0.39, 0.29) is 18.7 Å². The van der Waals surface area contributed by atoms with E-state index in [1.165, 1.54) is 38.2 Å². The molecule has 7 atom stereocenters. The van der Waals surface area contributed by atoms with Gasteiger partial charge in [0.05, 0.1) is 13.2 Å². The third-order valence-electron chi connectivity index (χ3n) is 9.99.